The molecule has 170 valence electrons. The van der Waals surface area contributed by atoms with E-state index in [2.05, 4.69) is 0 Å². The molecule has 0 aliphatic carbocycles. The van der Waals surface area contributed by atoms with Crippen LogP contribution in [0, 0.1) is 0 Å². The molecule has 0 aliphatic rings. The highest BCUT2D eigenvalue weighted by atomic mass is 16.6. The summed E-state index contributed by atoms with van der Waals surface area (Å²) < 4.78 is 32.5. The highest BCUT2D eigenvalue weighted by Crippen LogP contribution is 2.13. The number of rotatable bonds is 21. The summed E-state index contributed by atoms with van der Waals surface area (Å²) in [5.74, 6) is 0.610. The first-order valence-corrected chi connectivity index (χ1v) is 10.3. The van der Waals surface area contributed by atoms with Crippen molar-refractivity contribution in [2.75, 3.05) is 79.2 Å². The summed E-state index contributed by atoms with van der Waals surface area (Å²) >= 11 is 0. The molecule has 0 aliphatic heterocycles. The van der Waals surface area contributed by atoms with E-state index < -0.39 is 0 Å². The van der Waals surface area contributed by atoms with Gasteiger partial charge in [0.1, 0.15) is 12.4 Å². The smallest absolute Gasteiger partial charge is 0.163 e. The lowest BCUT2D eigenvalue weighted by molar-refractivity contribution is -0.113. The van der Waals surface area contributed by atoms with Crippen LogP contribution in [0.3, 0.4) is 0 Å². The van der Waals surface area contributed by atoms with Gasteiger partial charge in [-0.15, -0.1) is 0 Å². The third kappa shape index (κ3) is 17.3. The van der Waals surface area contributed by atoms with Crippen LogP contribution in [-0.2, 0) is 33.2 Å². The van der Waals surface area contributed by atoms with E-state index in [0.29, 0.717) is 90.6 Å². The monoisotopic (exact) mass is 417 g/mol. The number of ketones is 1. The number of nitrogens with two attached hydrogens (primary N) is 1. The van der Waals surface area contributed by atoms with Crippen molar-refractivity contribution in [3.8, 4) is 0 Å². The van der Waals surface area contributed by atoms with Gasteiger partial charge >= 0.3 is 0 Å². The van der Waals surface area contributed by atoms with Crippen molar-refractivity contribution < 1.29 is 33.2 Å². The van der Waals surface area contributed by atoms with Gasteiger partial charge in [0.2, 0.25) is 0 Å². The van der Waals surface area contributed by atoms with Crippen LogP contribution in [-0.4, -0.2) is 85.0 Å². The van der Waals surface area contributed by atoms with Gasteiger partial charge in [-0.05, 0) is 26.3 Å². The second-order valence-electron chi connectivity index (χ2n) is 5.93. The zero-order valence-electron chi connectivity index (χ0n) is 18.3. The molecule has 0 amide bonds. The third-order valence-corrected chi connectivity index (χ3v) is 3.56. The van der Waals surface area contributed by atoms with Crippen molar-refractivity contribution in [1.29, 1.82) is 0 Å². The van der Waals surface area contributed by atoms with Gasteiger partial charge in [0, 0.05) is 6.54 Å². The number of hydrogen-bond donors (Lipinski definition) is 1. The van der Waals surface area contributed by atoms with Crippen molar-refractivity contribution in [3.63, 3.8) is 0 Å². The lowest BCUT2D eigenvalue weighted by Crippen LogP contribution is -2.15. The van der Waals surface area contributed by atoms with Gasteiger partial charge in [0.25, 0.3) is 0 Å². The van der Waals surface area contributed by atoms with Gasteiger partial charge in [-0.1, -0.05) is 13.0 Å². The Morgan fingerprint density at radius 1 is 0.759 bits per heavy atom. The fourth-order valence-corrected chi connectivity index (χ4v) is 2.23. The topological polar surface area (TPSA) is 98.5 Å². The van der Waals surface area contributed by atoms with Crippen molar-refractivity contribution in [1.82, 2.24) is 0 Å². The Labute approximate surface area is 175 Å². The summed E-state index contributed by atoms with van der Waals surface area (Å²) in [6.07, 6.45) is 4.47. The van der Waals surface area contributed by atoms with Gasteiger partial charge in [0.15, 0.2) is 5.78 Å². The Hall–Kier alpha value is -1.29. The zero-order chi connectivity index (χ0) is 21.6. The summed E-state index contributed by atoms with van der Waals surface area (Å²) in [5.41, 5.74) is 5.91. The fraction of sp³-hybridized carbons (Fsp3) is 0.762. The van der Waals surface area contributed by atoms with Crippen LogP contribution in [0.15, 0.2) is 23.5 Å². The minimum Gasteiger partial charge on any atom is -0.491 e. The Morgan fingerprint density at radius 3 is 1.52 bits per heavy atom. The van der Waals surface area contributed by atoms with E-state index in [1.807, 2.05) is 19.9 Å². The minimum absolute atomic E-state index is 0.00757. The molecular weight excluding hydrogens is 378 g/mol. The summed E-state index contributed by atoms with van der Waals surface area (Å²) in [7, 11) is 0. The maximum absolute atomic E-state index is 11.6. The predicted molar refractivity (Wildman–Crippen MR) is 112 cm³/mol. The molecule has 0 aromatic heterocycles. The first-order chi connectivity index (χ1) is 14.2. The summed E-state index contributed by atoms with van der Waals surface area (Å²) in [6.45, 7) is 11.4. The Balaban J connectivity index is 3.47. The molecule has 0 rings (SSSR count). The first-order valence-electron chi connectivity index (χ1n) is 10.3. The average molecular weight is 418 g/mol. The number of ether oxygens (including phenoxy) is 6. The Morgan fingerprint density at radius 2 is 1.17 bits per heavy atom. The van der Waals surface area contributed by atoms with Crippen LogP contribution < -0.4 is 5.73 Å². The molecular formula is C21H39NO7. The van der Waals surface area contributed by atoms with Gasteiger partial charge in [-0.2, -0.15) is 0 Å². The van der Waals surface area contributed by atoms with Crippen molar-refractivity contribution >= 4 is 5.78 Å². The van der Waals surface area contributed by atoms with E-state index in [1.54, 1.807) is 6.08 Å². The minimum atomic E-state index is -0.00757. The third-order valence-electron chi connectivity index (χ3n) is 3.56. The summed E-state index contributed by atoms with van der Waals surface area (Å²) in [5, 5.41) is 0. The SMILES string of the molecule is C/C=C(C(C)=O)\C(=C/CC)OCCOCCOCCOCCOCCOCCN. The lowest BCUT2D eigenvalue weighted by atomic mass is 10.1. The normalized spacial score (nSPS) is 12.4. The van der Waals surface area contributed by atoms with Gasteiger partial charge < -0.3 is 34.2 Å². The second kappa shape index (κ2) is 21.4. The first kappa shape index (κ1) is 27.7. The number of carbonyl (C=O) groups excluding carboxylic acids is 1. The van der Waals surface area contributed by atoms with Crippen LogP contribution in [0.5, 0.6) is 0 Å². The molecule has 8 nitrogen and oxygen atoms in total. The van der Waals surface area contributed by atoms with Crippen LogP contribution in [0.2, 0.25) is 0 Å². The molecule has 0 heterocycles. The van der Waals surface area contributed by atoms with E-state index in [0.717, 1.165) is 6.42 Å². The van der Waals surface area contributed by atoms with E-state index in [1.165, 1.54) is 6.92 Å². The predicted octanol–water partition coefficient (Wildman–Crippen LogP) is 1.87. The molecule has 0 bridgehead atoms. The molecule has 0 saturated carbocycles. The Kier molecular flexibility index (Phi) is 20.5. The summed E-state index contributed by atoms with van der Waals surface area (Å²) in [4.78, 5) is 11.6. The number of carbonyl (C=O) groups is 1. The maximum atomic E-state index is 11.6. The molecule has 0 aromatic rings. The molecule has 0 aromatic carbocycles. The standard InChI is InChI=1S/C21H39NO7/c1-4-6-21(20(5-2)19(3)23)29-18-17-28-16-15-27-14-13-26-12-11-25-10-9-24-8-7-22/h5-6H,4,7-18,22H2,1-3H3/b20-5-,21-6+. The molecule has 29 heavy (non-hydrogen) atoms. The summed E-state index contributed by atoms with van der Waals surface area (Å²) in [6, 6.07) is 0. The quantitative estimate of drug-likeness (QED) is 0.131. The van der Waals surface area contributed by atoms with Gasteiger partial charge in [-0.3, -0.25) is 4.79 Å². The van der Waals surface area contributed by atoms with Crippen molar-refractivity contribution in [2.45, 2.75) is 27.2 Å². The van der Waals surface area contributed by atoms with Crippen LogP contribution >= 0.6 is 0 Å². The molecule has 0 fully saturated rings. The Bertz CT molecular complexity index is 452. The number of Topliss-reactive ketones (excluding diaryl/α,β-unsaturated/α-hetero) is 1. The van der Waals surface area contributed by atoms with Crippen LogP contribution in [0.25, 0.3) is 0 Å². The number of hydrogen-bond acceptors (Lipinski definition) is 8. The van der Waals surface area contributed by atoms with Crippen LogP contribution in [0.1, 0.15) is 27.2 Å². The van der Waals surface area contributed by atoms with E-state index in [9.17, 15) is 4.79 Å². The average Bonchev–Trinajstić information content (AvgIpc) is 2.70. The van der Waals surface area contributed by atoms with Gasteiger partial charge in [0.05, 0.1) is 71.6 Å². The highest BCUT2D eigenvalue weighted by molar-refractivity contribution is 5.96. The molecule has 0 saturated heterocycles. The lowest BCUT2D eigenvalue weighted by Gasteiger charge is -2.12. The highest BCUT2D eigenvalue weighted by Gasteiger charge is 2.10. The molecule has 2 N–H and O–H groups in total. The van der Waals surface area contributed by atoms with Crippen LogP contribution in [0.4, 0.5) is 0 Å². The molecule has 0 unspecified atom stereocenters. The second-order valence-corrected chi connectivity index (χ2v) is 5.93. The number of allylic oxidation sites excluding steroid dienone is 3. The van der Waals surface area contributed by atoms with E-state index >= 15 is 0 Å². The fourth-order valence-electron chi connectivity index (χ4n) is 2.23. The van der Waals surface area contributed by atoms with Crippen molar-refractivity contribution in [2.24, 2.45) is 5.73 Å². The largest absolute Gasteiger partial charge is 0.491 e. The molecule has 0 atom stereocenters. The van der Waals surface area contributed by atoms with E-state index in [4.69, 9.17) is 34.2 Å². The molecule has 0 radical (unpaired) electrons. The maximum Gasteiger partial charge on any atom is 0.163 e. The van der Waals surface area contributed by atoms with E-state index in [-0.39, 0.29) is 5.78 Å². The van der Waals surface area contributed by atoms with Crippen molar-refractivity contribution in [3.05, 3.63) is 23.5 Å². The zero-order valence-corrected chi connectivity index (χ0v) is 18.3. The molecule has 8 heteroatoms. The molecule has 0 spiro atoms. The van der Waals surface area contributed by atoms with Gasteiger partial charge in [-0.25, -0.2) is 0 Å².